The Kier molecular flexibility index (Phi) is 8.34. The fraction of sp³-hybridized carbons (Fsp3) is 1.00. The van der Waals surface area contributed by atoms with Crippen LogP contribution in [0.4, 0.5) is 0 Å². The van der Waals surface area contributed by atoms with E-state index in [1.165, 1.54) is 12.8 Å². The van der Waals surface area contributed by atoms with Crippen molar-refractivity contribution in [3.63, 3.8) is 0 Å². The molecule has 1 spiro atoms. The molecule has 0 aromatic rings. The smallest absolute Gasteiger partial charge is 0.192 e. The van der Waals surface area contributed by atoms with Gasteiger partial charge in [0.25, 0.3) is 0 Å². The molecular formula is C29H58O4Si2. The molecule has 2 saturated carbocycles. The molecule has 3 rings (SSSR count). The molecule has 4 atom stereocenters. The van der Waals surface area contributed by atoms with Crippen molar-refractivity contribution < 1.29 is 18.3 Å². The summed E-state index contributed by atoms with van der Waals surface area (Å²) in [5, 5.41) is 0.465. The van der Waals surface area contributed by atoms with Crippen molar-refractivity contribution in [1.29, 1.82) is 0 Å². The number of hydrogen-bond acceptors (Lipinski definition) is 4. The molecule has 6 heteroatoms. The Balaban J connectivity index is 1.87. The Labute approximate surface area is 219 Å². The Morgan fingerprint density at radius 1 is 0.829 bits per heavy atom. The van der Waals surface area contributed by atoms with Crippen molar-refractivity contribution in [3.05, 3.63) is 0 Å². The summed E-state index contributed by atoms with van der Waals surface area (Å²) in [6, 6.07) is 0. The van der Waals surface area contributed by atoms with Crippen molar-refractivity contribution in [2.45, 2.75) is 148 Å². The molecule has 1 saturated heterocycles. The van der Waals surface area contributed by atoms with Gasteiger partial charge in [0.15, 0.2) is 22.4 Å². The quantitative estimate of drug-likeness (QED) is 0.246. The Bertz CT molecular complexity index is 732. The summed E-state index contributed by atoms with van der Waals surface area (Å²) in [4.78, 5) is 0. The number of fused-ring (bicyclic) bond motifs is 2. The molecule has 0 unspecified atom stereocenters. The molecule has 206 valence electrons. The van der Waals surface area contributed by atoms with Gasteiger partial charge in [0.2, 0.25) is 0 Å². The molecule has 2 aliphatic carbocycles. The van der Waals surface area contributed by atoms with E-state index >= 15 is 0 Å². The molecule has 0 N–H and O–H groups in total. The number of hydrogen-bond donors (Lipinski definition) is 0. The maximum absolute atomic E-state index is 7.28. The van der Waals surface area contributed by atoms with Crippen LogP contribution in [0, 0.1) is 16.7 Å². The van der Waals surface area contributed by atoms with E-state index in [-0.39, 0.29) is 20.9 Å². The predicted molar refractivity (Wildman–Crippen MR) is 152 cm³/mol. The molecule has 3 aliphatic rings. The highest BCUT2D eigenvalue weighted by Gasteiger charge is 2.66. The standard InChI is InChI=1S/C29H58O4Si2/c1-25(2,3)34(9,10)32-20-14-17-27(7)23-15-13-18-29(30-21-22-31-29)28(23,8)19-16-24(27)33-35(11,12)26(4,5)6/h23-24H,13-22H2,1-12H3/t23-,24-,27-,28-/m0/s1. The monoisotopic (exact) mass is 526 g/mol. The minimum atomic E-state index is -1.89. The second kappa shape index (κ2) is 9.78. The first kappa shape index (κ1) is 29.8. The minimum Gasteiger partial charge on any atom is -0.417 e. The second-order valence-electron chi connectivity index (χ2n) is 15.4. The Hall–Kier alpha value is 0.274. The van der Waals surface area contributed by atoms with Crippen LogP contribution in [0.2, 0.25) is 36.3 Å². The lowest BCUT2D eigenvalue weighted by atomic mass is 9.47. The Morgan fingerprint density at radius 2 is 1.40 bits per heavy atom. The van der Waals surface area contributed by atoms with Gasteiger partial charge < -0.3 is 18.3 Å². The van der Waals surface area contributed by atoms with Crippen LogP contribution in [0.1, 0.15) is 100 Å². The van der Waals surface area contributed by atoms with Crippen LogP contribution in [-0.4, -0.2) is 48.3 Å². The lowest BCUT2D eigenvalue weighted by Gasteiger charge is -2.64. The van der Waals surface area contributed by atoms with Gasteiger partial charge in [-0.1, -0.05) is 55.4 Å². The largest absolute Gasteiger partial charge is 0.417 e. The van der Waals surface area contributed by atoms with Crippen molar-refractivity contribution in [3.8, 4) is 0 Å². The van der Waals surface area contributed by atoms with Crippen molar-refractivity contribution in [2.75, 3.05) is 19.8 Å². The van der Waals surface area contributed by atoms with Gasteiger partial charge in [-0.3, -0.25) is 0 Å². The summed E-state index contributed by atoms with van der Waals surface area (Å²) in [5.41, 5.74) is 0.145. The van der Waals surface area contributed by atoms with Gasteiger partial charge in [-0.15, -0.1) is 0 Å². The average molecular weight is 527 g/mol. The first-order valence-electron chi connectivity index (χ1n) is 14.4. The summed E-state index contributed by atoms with van der Waals surface area (Å²) >= 11 is 0. The molecule has 1 heterocycles. The van der Waals surface area contributed by atoms with Crippen LogP contribution in [0.25, 0.3) is 0 Å². The van der Waals surface area contributed by atoms with Gasteiger partial charge >= 0.3 is 0 Å². The summed E-state index contributed by atoms with van der Waals surface area (Å²) in [6.07, 6.45) is 8.26. The highest BCUT2D eigenvalue weighted by atomic mass is 28.4. The number of rotatable bonds is 7. The van der Waals surface area contributed by atoms with Crippen LogP contribution in [0.3, 0.4) is 0 Å². The van der Waals surface area contributed by atoms with Gasteiger partial charge in [0.05, 0.1) is 19.3 Å². The van der Waals surface area contributed by atoms with E-state index in [1.807, 2.05) is 0 Å². The molecule has 4 nitrogen and oxygen atoms in total. The van der Waals surface area contributed by atoms with Gasteiger partial charge in [-0.2, -0.15) is 0 Å². The minimum absolute atomic E-state index is 0.0457. The topological polar surface area (TPSA) is 36.9 Å². The van der Waals surface area contributed by atoms with Crippen molar-refractivity contribution >= 4 is 16.6 Å². The maximum atomic E-state index is 7.28. The zero-order chi connectivity index (χ0) is 26.6. The van der Waals surface area contributed by atoms with Crippen LogP contribution >= 0.6 is 0 Å². The molecule has 3 fully saturated rings. The Morgan fingerprint density at radius 3 is 1.94 bits per heavy atom. The first-order chi connectivity index (χ1) is 15.8. The van der Waals surface area contributed by atoms with E-state index in [9.17, 15) is 0 Å². The molecule has 1 aliphatic heterocycles. The third-order valence-electron chi connectivity index (χ3n) is 11.2. The summed E-state index contributed by atoms with van der Waals surface area (Å²) in [5.74, 6) is 0.148. The third-order valence-corrected chi connectivity index (χ3v) is 20.2. The fourth-order valence-electron chi connectivity index (χ4n) is 6.80. The van der Waals surface area contributed by atoms with Gasteiger partial charge in [0.1, 0.15) is 0 Å². The van der Waals surface area contributed by atoms with E-state index in [0.29, 0.717) is 12.0 Å². The maximum Gasteiger partial charge on any atom is 0.192 e. The summed E-state index contributed by atoms with van der Waals surface area (Å²) in [6.45, 7) is 31.1. The van der Waals surface area contributed by atoms with Crippen LogP contribution in [0.5, 0.6) is 0 Å². The fourth-order valence-corrected chi connectivity index (χ4v) is 9.34. The van der Waals surface area contributed by atoms with Crippen LogP contribution in [0.15, 0.2) is 0 Å². The zero-order valence-electron chi connectivity index (χ0n) is 25.4. The molecule has 0 radical (unpaired) electrons. The molecule has 0 amide bonds. The van der Waals surface area contributed by atoms with Crippen LogP contribution in [-0.2, 0) is 18.3 Å². The van der Waals surface area contributed by atoms with Crippen molar-refractivity contribution in [2.24, 2.45) is 16.7 Å². The molecular weight excluding hydrogens is 468 g/mol. The molecule has 0 bridgehead atoms. The van der Waals surface area contributed by atoms with Gasteiger partial charge in [0, 0.05) is 18.4 Å². The highest BCUT2D eigenvalue weighted by molar-refractivity contribution is 6.74. The number of ether oxygens (including phenoxy) is 2. The highest BCUT2D eigenvalue weighted by Crippen LogP contribution is 2.65. The normalized spacial score (nSPS) is 34.3. The SMILES string of the molecule is CC(C)(C)[Si](C)(C)OCCC[C@]1(C)[C@@H](O[Si](C)(C)C(C)(C)C)CC[C@@]2(C)[C@H]1CCCC21OCCO1. The van der Waals surface area contributed by atoms with Gasteiger partial charge in [-0.05, 0) is 86.1 Å². The van der Waals surface area contributed by atoms with E-state index < -0.39 is 22.4 Å². The predicted octanol–water partition coefficient (Wildman–Crippen LogP) is 8.53. The van der Waals surface area contributed by atoms with E-state index in [0.717, 1.165) is 51.9 Å². The zero-order valence-corrected chi connectivity index (χ0v) is 27.4. The van der Waals surface area contributed by atoms with E-state index in [1.54, 1.807) is 0 Å². The average Bonchev–Trinajstić information content (AvgIpc) is 3.18. The molecule has 0 aromatic carbocycles. The molecule has 35 heavy (non-hydrogen) atoms. The van der Waals surface area contributed by atoms with Crippen LogP contribution < -0.4 is 0 Å². The summed E-state index contributed by atoms with van der Waals surface area (Å²) in [7, 11) is -3.63. The molecule has 0 aromatic heterocycles. The van der Waals surface area contributed by atoms with Gasteiger partial charge in [-0.25, -0.2) is 0 Å². The van der Waals surface area contributed by atoms with E-state index in [2.05, 4.69) is 81.6 Å². The third kappa shape index (κ3) is 5.40. The van der Waals surface area contributed by atoms with E-state index in [4.69, 9.17) is 18.3 Å². The lowest BCUT2D eigenvalue weighted by molar-refractivity contribution is -0.301. The first-order valence-corrected chi connectivity index (χ1v) is 20.2. The lowest BCUT2D eigenvalue weighted by Crippen LogP contribution is -2.64. The second-order valence-corrected chi connectivity index (χ2v) is 25.0. The van der Waals surface area contributed by atoms with Crippen molar-refractivity contribution in [1.82, 2.24) is 0 Å². The summed E-state index contributed by atoms with van der Waals surface area (Å²) < 4.78 is 26.9.